The maximum absolute atomic E-state index is 13.8. The van der Waals surface area contributed by atoms with E-state index in [2.05, 4.69) is 15.6 Å². The summed E-state index contributed by atoms with van der Waals surface area (Å²) in [5.74, 6) is -0.929. The number of halogens is 5. The lowest BCUT2D eigenvalue weighted by Gasteiger charge is -2.21. The minimum Gasteiger partial charge on any atom is -0.365 e. The zero-order chi connectivity index (χ0) is 16.8. The summed E-state index contributed by atoms with van der Waals surface area (Å²) < 4.78 is 52.1. The second-order valence-corrected chi connectivity index (χ2v) is 5.26. The fourth-order valence-corrected chi connectivity index (χ4v) is 2.55. The van der Waals surface area contributed by atoms with Crippen molar-refractivity contribution < 1.29 is 17.6 Å². The fraction of sp³-hybridized carbons (Fsp3) is 0.533. The molecule has 1 aliphatic rings. The van der Waals surface area contributed by atoms with Crippen LogP contribution in [-0.4, -0.2) is 44.6 Å². The molecule has 0 amide bonds. The van der Waals surface area contributed by atoms with Gasteiger partial charge in [-0.25, -0.2) is 22.6 Å². The van der Waals surface area contributed by atoms with Crippen LogP contribution in [0.4, 0.5) is 23.2 Å². The first-order valence-electron chi connectivity index (χ1n) is 7.53. The first-order valence-corrected chi connectivity index (χ1v) is 7.53. The van der Waals surface area contributed by atoms with Crippen LogP contribution in [0.1, 0.15) is 13.3 Å². The fourth-order valence-electron chi connectivity index (χ4n) is 2.55. The first-order chi connectivity index (χ1) is 11.0. The standard InChI is InChI=1S/C15H20F4N4.HI/c1-2-20-15(21-8-13(18)19)22-10-6-7-23(9-10)14-11(16)4-3-5-12(14)17;/h3-5,10,13H,2,6-9H2,1H3,(H2,20,21,22);1H. The lowest BCUT2D eigenvalue weighted by atomic mass is 10.2. The molecule has 1 fully saturated rings. The van der Waals surface area contributed by atoms with Gasteiger partial charge in [-0.15, -0.1) is 24.0 Å². The molecule has 1 aromatic carbocycles. The number of anilines is 1. The molecule has 0 aliphatic carbocycles. The highest BCUT2D eigenvalue weighted by Crippen LogP contribution is 2.26. The van der Waals surface area contributed by atoms with Gasteiger partial charge in [0.05, 0.1) is 0 Å². The Labute approximate surface area is 155 Å². The Balaban J connectivity index is 0.00000288. The van der Waals surface area contributed by atoms with Gasteiger partial charge in [0.15, 0.2) is 5.96 Å². The van der Waals surface area contributed by atoms with Crippen LogP contribution in [0.3, 0.4) is 0 Å². The predicted molar refractivity (Wildman–Crippen MR) is 97.5 cm³/mol. The SMILES string of the molecule is CCNC(=NCC(F)F)NC1CCN(c2c(F)cccc2F)C1.I. The monoisotopic (exact) mass is 460 g/mol. The maximum Gasteiger partial charge on any atom is 0.257 e. The van der Waals surface area contributed by atoms with Crippen molar-refractivity contribution in [1.82, 2.24) is 10.6 Å². The van der Waals surface area contributed by atoms with Gasteiger partial charge in [-0.3, -0.25) is 0 Å². The van der Waals surface area contributed by atoms with Crippen LogP contribution >= 0.6 is 24.0 Å². The molecule has 136 valence electrons. The summed E-state index contributed by atoms with van der Waals surface area (Å²) in [4.78, 5) is 5.40. The van der Waals surface area contributed by atoms with Crippen LogP contribution in [0.25, 0.3) is 0 Å². The van der Waals surface area contributed by atoms with Crippen LogP contribution < -0.4 is 15.5 Å². The molecular weight excluding hydrogens is 439 g/mol. The Morgan fingerprint density at radius 1 is 1.33 bits per heavy atom. The van der Waals surface area contributed by atoms with E-state index in [4.69, 9.17) is 0 Å². The molecule has 1 atom stereocenters. The van der Waals surface area contributed by atoms with E-state index < -0.39 is 24.6 Å². The number of hydrogen-bond acceptors (Lipinski definition) is 2. The Kier molecular flexibility index (Phi) is 8.57. The van der Waals surface area contributed by atoms with E-state index in [0.29, 0.717) is 26.1 Å². The lowest BCUT2D eigenvalue weighted by Crippen LogP contribution is -2.45. The summed E-state index contributed by atoms with van der Waals surface area (Å²) in [6, 6.07) is 3.63. The van der Waals surface area contributed by atoms with E-state index in [1.165, 1.54) is 18.2 Å². The van der Waals surface area contributed by atoms with Crippen molar-refractivity contribution in [3.8, 4) is 0 Å². The molecular formula is C15H21F4IN4. The average molecular weight is 460 g/mol. The molecule has 1 aromatic rings. The van der Waals surface area contributed by atoms with Gasteiger partial charge >= 0.3 is 0 Å². The molecule has 4 nitrogen and oxygen atoms in total. The van der Waals surface area contributed by atoms with Crippen LogP contribution in [0.5, 0.6) is 0 Å². The number of rotatable bonds is 5. The molecule has 0 bridgehead atoms. The van der Waals surface area contributed by atoms with Gasteiger partial charge in [0.1, 0.15) is 23.9 Å². The molecule has 1 saturated heterocycles. The third-order valence-electron chi connectivity index (χ3n) is 3.51. The summed E-state index contributed by atoms with van der Waals surface area (Å²) in [5, 5.41) is 5.91. The van der Waals surface area contributed by atoms with Crippen molar-refractivity contribution in [2.75, 3.05) is 31.1 Å². The van der Waals surface area contributed by atoms with E-state index in [1.807, 2.05) is 6.92 Å². The Morgan fingerprint density at radius 3 is 2.58 bits per heavy atom. The van der Waals surface area contributed by atoms with Crippen molar-refractivity contribution in [3.05, 3.63) is 29.8 Å². The minimum absolute atomic E-state index is 0. The second kappa shape index (κ2) is 9.90. The van der Waals surface area contributed by atoms with E-state index in [-0.39, 0.29) is 41.7 Å². The quantitative estimate of drug-likeness (QED) is 0.307. The Hall–Kier alpha value is -1.26. The molecule has 0 aromatic heterocycles. The van der Waals surface area contributed by atoms with Crippen LogP contribution in [-0.2, 0) is 0 Å². The molecule has 2 rings (SSSR count). The highest BCUT2D eigenvalue weighted by Gasteiger charge is 2.27. The zero-order valence-corrected chi connectivity index (χ0v) is 15.6. The largest absolute Gasteiger partial charge is 0.365 e. The number of hydrogen-bond donors (Lipinski definition) is 2. The molecule has 9 heteroatoms. The van der Waals surface area contributed by atoms with E-state index >= 15 is 0 Å². The molecule has 0 spiro atoms. The van der Waals surface area contributed by atoms with E-state index in [1.54, 1.807) is 4.90 Å². The number of guanidine groups is 1. The number of aliphatic imine (C=N–C) groups is 1. The van der Waals surface area contributed by atoms with E-state index in [9.17, 15) is 17.6 Å². The lowest BCUT2D eigenvalue weighted by molar-refractivity contribution is 0.158. The highest BCUT2D eigenvalue weighted by molar-refractivity contribution is 14.0. The predicted octanol–water partition coefficient (Wildman–Crippen LogP) is 2.98. The third-order valence-corrected chi connectivity index (χ3v) is 3.51. The van der Waals surface area contributed by atoms with Crippen molar-refractivity contribution in [2.45, 2.75) is 25.8 Å². The van der Waals surface area contributed by atoms with Gasteiger partial charge < -0.3 is 15.5 Å². The number of alkyl halides is 2. The third kappa shape index (κ3) is 5.67. The highest BCUT2D eigenvalue weighted by atomic mass is 127. The number of benzene rings is 1. The summed E-state index contributed by atoms with van der Waals surface area (Å²) in [5.41, 5.74) is -0.0497. The molecule has 1 unspecified atom stereocenters. The molecule has 2 N–H and O–H groups in total. The smallest absolute Gasteiger partial charge is 0.257 e. The van der Waals surface area contributed by atoms with Gasteiger partial charge in [0.25, 0.3) is 6.43 Å². The molecule has 24 heavy (non-hydrogen) atoms. The van der Waals surface area contributed by atoms with Crippen LogP contribution in [0.15, 0.2) is 23.2 Å². The first kappa shape index (κ1) is 20.8. The van der Waals surface area contributed by atoms with E-state index in [0.717, 1.165) is 0 Å². The van der Waals surface area contributed by atoms with Crippen molar-refractivity contribution >= 4 is 35.6 Å². The van der Waals surface area contributed by atoms with Gasteiger partial charge in [0.2, 0.25) is 0 Å². The number of para-hydroxylation sites is 1. The van der Waals surface area contributed by atoms with Crippen molar-refractivity contribution in [2.24, 2.45) is 4.99 Å². The molecule has 1 aliphatic heterocycles. The topological polar surface area (TPSA) is 39.7 Å². The second-order valence-electron chi connectivity index (χ2n) is 5.26. The molecule has 0 saturated carbocycles. The summed E-state index contributed by atoms with van der Waals surface area (Å²) in [7, 11) is 0. The zero-order valence-electron chi connectivity index (χ0n) is 13.2. The summed E-state index contributed by atoms with van der Waals surface area (Å²) in [6.07, 6.45) is -1.88. The Bertz CT molecular complexity index is 536. The minimum atomic E-state index is -2.52. The van der Waals surface area contributed by atoms with Gasteiger partial charge in [0, 0.05) is 25.7 Å². The maximum atomic E-state index is 13.8. The molecule has 1 heterocycles. The van der Waals surface area contributed by atoms with Crippen molar-refractivity contribution in [3.63, 3.8) is 0 Å². The van der Waals surface area contributed by atoms with Crippen LogP contribution in [0, 0.1) is 11.6 Å². The van der Waals surface area contributed by atoms with Gasteiger partial charge in [-0.05, 0) is 25.5 Å². The normalized spacial score (nSPS) is 17.8. The average Bonchev–Trinajstić information content (AvgIpc) is 2.93. The molecule has 0 radical (unpaired) electrons. The van der Waals surface area contributed by atoms with Crippen molar-refractivity contribution in [1.29, 1.82) is 0 Å². The van der Waals surface area contributed by atoms with Gasteiger partial charge in [-0.2, -0.15) is 0 Å². The number of nitrogens with one attached hydrogen (secondary N) is 2. The van der Waals surface area contributed by atoms with Crippen LogP contribution in [0.2, 0.25) is 0 Å². The summed E-state index contributed by atoms with van der Waals surface area (Å²) >= 11 is 0. The van der Waals surface area contributed by atoms with Gasteiger partial charge in [-0.1, -0.05) is 6.07 Å². The Morgan fingerprint density at radius 2 is 2.00 bits per heavy atom. The number of nitrogens with zero attached hydrogens (tertiary/aromatic N) is 2. The summed E-state index contributed by atoms with van der Waals surface area (Å²) in [6.45, 7) is 2.62.